The van der Waals surface area contributed by atoms with Crippen molar-refractivity contribution in [2.24, 2.45) is 0 Å². The Morgan fingerprint density at radius 1 is 1.11 bits per heavy atom. The Morgan fingerprint density at radius 2 is 1.78 bits per heavy atom. The third kappa shape index (κ3) is 4.42. The monoisotopic (exact) mass is 378 g/mol. The molecule has 0 saturated carbocycles. The molecule has 0 amide bonds. The first-order valence-corrected chi connectivity index (χ1v) is 8.83. The molecule has 1 heterocycles. The molecule has 1 unspecified atom stereocenters. The third-order valence-electron chi connectivity index (χ3n) is 4.54. The fourth-order valence-electron chi connectivity index (χ4n) is 3.34. The second kappa shape index (κ2) is 8.43. The Hall–Kier alpha value is -2.54. The quantitative estimate of drug-likeness (QED) is 0.747. The minimum atomic E-state index is -1.03. The average molecular weight is 378 g/mol. The van der Waals surface area contributed by atoms with Gasteiger partial charge in [-0.2, -0.15) is 0 Å². The second-order valence-electron chi connectivity index (χ2n) is 6.40. The summed E-state index contributed by atoms with van der Waals surface area (Å²) in [6, 6.07) is 10.1. The highest BCUT2D eigenvalue weighted by molar-refractivity contribution is 5.81. The van der Waals surface area contributed by atoms with Gasteiger partial charge in [0.25, 0.3) is 0 Å². The van der Waals surface area contributed by atoms with Crippen molar-refractivity contribution in [3.63, 3.8) is 0 Å². The molecule has 1 aliphatic rings. The van der Waals surface area contributed by atoms with Crippen LogP contribution < -0.4 is 4.90 Å². The zero-order valence-electron chi connectivity index (χ0n) is 15.0. The van der Waals surface area contributed by atoms with Crippen LogP contribution >= 0.6 is 0 Å². The summed E-state index contributed by atoms with van der Waals surface area (Å²) in [5, 5.41) is 0. The van der Waals surface area contributed by atoms with Gasteiger partial charge in [-0.25, -0.2) is 18.0 Å². The summed E-state index contributed by atoms with van der Waals surface area (Å²) in [5.41, 5.74) is 0.682. The van der Waals surface area contributed by atoms with E-state index in [1.165, 1.54) is 4.90 Å². The van der Waals surface area contributed by atoms with Gasteiger partial charge in [-0.1, -0.05) is 30.3 Å². The van der Waals surface area contributed by atoms with Gasteiger partial charge in [0.15, 0.2) is 11.6 Å². The average Bonchev–Trinajstić information content (AvgIpc) is 2.63. The zero-order valence-corrected chi connectivity index (χ0v) is 15.0. The van der Waals surface area contributed by atoms with Crippen molar-refractivity contribution in [2.45, 2.75) is 19.5 Å². The van der Waals surface area contributed by atoms with E-state index in [0.717, 1.165) is 5.56 Å². The molecule has 0 aliphatic carbocycles. The molecule has 3 rings (SSSR count). The van der Waals surface area contributed by atoms with Crippen LogP contribution in [0.1, 0.15) is 12.5 Å². The fraction of sp³-hybridized carbons (Fsp3) is 0.350. The van der Waals surface area contributed by atoms with Crippen LogP contribution in [0.4, 0.5) is 18.9 Å². The summed E-state index contributed by atoms with van der Waals surface area (Å²) in [7, 11) is 0. The van der Waals surface area contributed by atoms with Crippen LogP contribution in [-0.4, -0.2) is 43.2 Å². The Balaban J connectivity index is 1.85. The molecule has 7 heteroatoms. The van der Waals surface area contributed by atoms with Crippen molar-refractivity contribution in [3.05, 3.63) is 65.5 Å². The maximum absolute atomic E-state index is 14.3. The lowest BCUT2D eigenvalue weighted by Gasteiger charge is -2.41. The van der Waals surface area contributed by atoms with Gasteiger partial charge >= 0.3 is 5.97 Å². The number of piperazine rings is 1. The van der Waals surface area contributed by atoms with Crippen LogP contribution in [0.2, 0.25) is 0 Å². The highest BCUT2D eigenvalue weighted by atomic mass is 19.1. The first-order chi connectivity index (χ1) is 13.0. The van der Waals surface area contributed by atoms with Gasteiger partial charge in [0.05, 0.1) is 6.61 Å². The van der Waals surface area contributed by atoms with Gasteiger partial charge < -0.3 is 9.64 Å². The predicted octanol–water partition coefficient (Wildman–Crippen LogP) is 3.36. The molecule has 1 atom stereocenters. The molecule has 0 bridgehead atoms. The van der Waals surface area contributed by atoms with E-state index >= 15 is 0 Å². The highest BCUT2D eigenvalue weighted by Crippen LogP contribution is 2.29. The number of rotatable bonds is 5. The first-order valence-electron chi connectivity index (χ1n) is 8.83. The van der Waals surface area contributed by atoms with Crippen molar-refractivity contribution in [1.29, 1.82) is 0 Å². The molecule has 1 fully saturated rings. The Kier molecular flexibility index (Phi) is 6.01. The van der Waals surface area contributed by atoms with Crippen LogP contribution in [0, 0.1) is 17.5 Å². The van der Waals surface area contributed by atoms with Crippen molar-refractivity contribution >= 4 is 11.7 Å². The zero-order chi connectivity index (χ0) is 19.4. The van der Waals surface area contributed by atoms with Gasteiger partial charge in [-0.05, 0) is 12.5 Å². The standard InChI is InChI=1S/C20H21F3N2O2/c1-2-27-20(26)18-13-24(12-14-6-4-3-5-7-14)8-9-25(18)19-16(22)10-15(21)11-17(19)23/h3-7,10-11,18H,2,8-9,12-13H2,1H3. The van der Waals surface area contributed by atoms with E-state index in [1.807, 2.05) is 35.2 Å². The van der Waals surface area contributed by atoms with Crippen LogP contribution in [0.3, 0.4) is 0 Å². The van der Waals surface area contributed by atoms with E-state index in [0.29, 0.717) is 25.2 Å². The number of halogens is 3. The minimum absolute atomic E-state index is 0.163. The van der Waals surface area contributed by atoms with Gasteiger partial charge in [0.1, 0.15) is 17.5 Å². The molecule has 2 aromatic carbocycles. The molecular formula is C20H21F3N2O2. The van der Waals surface area contributed by atoms with E-state index in [-0.39, 0.29) is 19.7 Å². The van der Waals surface area contributed by atoms with Gasteiger partial charge in [-0.3, -0.25) is 4.90 Å². The van der Waals surface area contributed by atoms with Crippen LogP contribution in [0.25, 0.3) is 0 Å². The molecule has 27 heavy (non-hydrogen) atoms. The molecule has 0 N–H and O–H groups in total. The Bertz CT molecular complexity index is 778. The van der Waals surface area contributed by atoms with Crippen molar-refractivity contribution in [2.75, 3.05) is 31.1 Å². The summed E-state index contributed by atoms with van der Waals surface area (Å²) >= 11 is 0. The lowest BCUT2D eigenvalue weighted by molar-refractivity contribution is -0.145. The maximum Gasteiger partial charge on any atom is 0.330 e. The number of ether oxygens (including phenoxy) is 1. The lowest BCUT2D eigenvalue weighted by Crippen LogP contribution is -2.57. The Morgan fingerprint density at radius 3 is 2.41 bits per heavy atom. The van der Waals surface area contributed by atoms with Crippen molar-refractivity contribution < 1.29 is 22.7 Å². The molecule has 2 aromatic rings. The van der Waals surface area contributed by atoms with Crippen molar-refractivity contribution in [1.82, 2.24) is 4.90 Å². The third-order valence-corrected chi connectivity index (χ3v) is 4.54. The maximum atomic E-state index is 14.3. The number of carbonyl (C=O) groups is 1. The second-order valence-corrected chi connectivity index (χ2v) is 6.40. The fourth-order valence-corrected chi connectivity index (χ4v) is 3.34. The summed E-state index contributed by atoms with van der Waals surface area (Å²) in [4.78, 5) is 15.8. The van der Waals surface area contributed by atoms with E-state index in [4.69, 9.17) is 4.74 Å². The number of hydrogen-bond acceptors (Lipinski definition) is 4. The summed E-state index contributed by atoms with van der Waals surface area (Å²) in [6.07, 6.45) is 0. The topological polar surface area (TPSA) is 32.8 Å². The number of hydrogen-bond donors (Lipinski definition) is 0. The number of nitrogens with zero attached hydrogens (tertiary/aromatic N) is 2. The number of esters is 1. The number of carbonyl (C=O) groups excluding carboxylic acids is 1. The van der Waals surface area contributed by atoms with Gasteiger partial charge in [0.2, 0.25) is 0 Å². The normalized spacial score (nSPS) is 17.8. The number of anilines is 1. The first kappa shape index (κ1) is 19.2. The van der Waals surface area contributed by atoms with E-state index < -0.39 is 35.2 Å². The SMILES string of the molecule is CCOC(=O)C1CN(Cc2ccccc2)CCN1c1c(F)cc(F)cc1F. The van der Waals surface area contributed by atoms with Crippen LogP contribution in [-0.2, 0) is 16.1 Å². The summed E-state index contributed by atoms with van der Waals surface area (Å²) in [5.74, 6) is -3.61. The minimum Gasteiger partial charge on any atom is -0.464 e. The predicted molar refractivity (Wildman–Crippen MR) is 95.8 cm³/mol. The van der Waals surface area contributed by atoms with E-state index in [2.05, 4.69) is 0 Å². The van der Waals surface area contributed by atoms with Crippen LogP contribution in [0.15, 0.2) is 42.5 Å². The van der Waals surface area contributed by atoms with Crippen molar-refractivity contribution in [3.8, 4) is 0 Å². The van der Waals surface area contributed by atoms with Crippen LogP contribution in [0.5, 0.6) is 0 Å². The molecule has 4 nitrogen and oxygen atoms in total. The Labute approximate surface area is 156 Å². The van der Waals surface area contributed by atoms with Gasteiger partial charge in [0, 0.05) is 38.3 Å². The van der Waals surface area contributed by atoms with E-state index in [1.54, 1.807) is 6.92 Å². The molecule has 0 radical (unpaired) electrons. The highest BCUT2D eigenvalue weighted by Gasteiger charge is 2.36. The molecule has 1 aliphatic heterocycles. The smallest absolute Gasteiger partial charge is 0.330 e. The molecular weight excluding hydrogens is 357 g/mol. The van der Waals surface area contributed by atoms with E-state index in [9.17, 15) is 18.0 Å². The molecule has 1 saturated heterocycles. The summed E-state index contributed by atoms with van der Waals surface area (Å²) in [6.45, 7) is 3.42. The summed E-state index contributed by atoms with van der Waals surface area (Å²) < 4.78 is 46.9. The largest absolute Gasteiger partial charge is 0.464 e. The molecule has 144 valence electrons. The molecule has 0 spiro atoms. The number of benzene rings is 2. The van der Waals surface area contributed by atoms with Gasteiger partial charge in [-0.15, -0.1) is 0 Å². The lowest BCUT2D eigenvalue weighted by atomic mass is 10.1. The molecule has 0 aromatic heterocycles.